The van der Waals surface area contributed by atoms with Crippen molar-refractivity contribution in [2.45, 2.75) is 26.3 Å². The van der Waals surface area contributed by atoms with Crippen molar-refractivity contribution in [1.29, 1.82) is 0 Å². The molecule has 7 nitrogen and oxygen atoms in total. The number of carbonyl (C=O) groups is 1. The molecule has 1 aromatic heterocycles. The van der Waals surface area contributed by atoms with Crippen molar-refractivity contribution in [3.8, 4) is 11.5 Å². The molecule has 0 saturated heterocycles. The maximum Gasteiger partial charge on any atom is 0.163 e. The van der Waals surface area contributed by atoms with Crippen LogP contribution in [0, 0.1) is 6.92 Å². The maximum atomic E-state index is 11.3. The summed E-state index contributed by atoms with van der Waals surface area (Å²) in [6.07, 6.45) is 0.122. The van der Waals surface area contributed by atoms with Crippen LogP contribution in [0.1, 0.15) is 30.8 Å². The van der Waals surface area contributed by atoms with Gasteiger partial charge in [0, 0.05) is 22.3 Å². The molecule has 0 bridgehead atoms. The van der Waals surface area contributed by atoms with Gasteiger partial charge in [0.1, 0.15) is 18.2 Å². The number of aromatic nitrogens is 2. The van der Waals surface area contributed by atoms with E-state index in [1.165, 1.54) is 0 Å². The largest absolute Gasteiger partial charge is 0.493 e. The minimum absolute atomic E-state index is 0.0198. The van der Waals surface area contributed by atoms with E-state index in [4.69, 9.17) is 14.6 Å². The van der Waals surface area contributed by atoms with Gasteiger partial charge in [-0.05, 0) is 37.6 Å². The van der Waals surface area contributed by atoms with Crippen molar-refractivity contribution >= 4 is 38.4 Å². The van der Waals surface area contributed by atoms with Crippen LogP contribution in [0.15, 0.2) is 40.9 Å². The average molecular weight is 474 g/mol. The number of anilines is 1. The van der Waals surface area contributed by atoms with Crippen molar-refractivity contribution in [1.82, 2.24) is 9.97 Å². The van der Waals surface area contributed by atoms with Crippen LogP contribution in [0.2, 0.25) is 0 Å². The highest BCUT2D eigenvalue weighted by Gasteiger charge is 2.15. The molecule has 2 N–H and O–H groups in total. The molecule has 0 saturated carbocycles. The van der Waals surface area contributed by atoms with Crippen molar-refractivity contribution in [3.05, 3.63) is 52.3 Å². The van der Waals surface area contributed by atoms with E-state index in [0.717, 1.165) is 15.4 Å². The van der Waals surface area contributed by atoms with E-state index < -0.39 is 6.61 Å². The van der Waals surface area contributed by atoms with Crippen LogP contribution < -0.4 is 14.8 Å². The molecule has 3 rings (SSSR count). The minimum atomic E-state index is -0.490. The Kier molecular flexibility index (Phi) is 7.23. The highest BCUT2D eigenvalue weighted by Crippen LogP contribution is 2.35. The number of ketones is 1. The monoisotopic (exact) mass is 473 g/mol. The molecule has 2 aromatic carbocycles. The third kappa shape index (κ3) is 5.25. The first-order chi connectivity index (χ1) is 14.4. The lowest BCUT2D eigenvalue weighted by molar-refractivity contribution is -0.122. The Morgan fingerprint density at radius 1 is 1.23 bits per heavy atom. The quantitative estimate of drug-likeness (QED) is 0.480. The molecule has 30 heavy (non-hydrogen) atoms. The highest BCUT2D eigenvalue weighted by atomic mass is 79.9. The second kappa shape index (κ2) is 9.86. The summed E-state index contributed by atoms with van der Waals surface area (Å²) in [7, 11) is 1.55. The molecule has 0 spiro atoms. The van der Waals surface area contributed by atoms with Crippen LogP contribution in [0.3, 0.4) is 0 Å². The number of methoxy groups -OCH3 is 1. The van der Waals surface area contributed by atoms with Crippen LogP contribution in [-0.2, 0) is 4.79 Å². The number of Topliss-reactive ketones (excluding diaryl/α,β-unsaturated/α-hetero) is 1. The van der Waals surface area contributed by atoms with Gasteiger partial charge >= 0.3 is 0 Å². The molecule has 0 radical (unpaired) electrons. The first kappa shape index (κ1) is 22.0. The number of aryl methyl sites for hydroxylation is 1. The summed E-state index contributed by atoms with van der Waals surface area (Å²) in [5.41, 5.74) is 1.82. The number of nitrogens with one attached hydrogen (secondary N) is 1. The van der Waals surface area contributed by atoms with Gasteiger partial charge in [-0.15, -0.1) is 0 Å². The van der Waals surface area contributed by atoms with E-state index >= 15 is 0 Å². The second-order valence-corrected chi connectivity index (χ2v) is 7.77. The molecule has 1 heterocycles. The number of fused-ring (bicyclic) bond motifs is 1. The molecule has 0 aliphatic carbocycles. The normalized spacial score (nSPS) is 11.9. The topological polar surface area (TPSA) is 93.6 Å². The fraction of sp³-hybridized carbons (Fsp3) is 0.318. The number of hydrogen-bond acceptors (Lipinski definition) is 7. The van der Waals surface area contributed by atoms with Crippen LogP contribution in [0.25, 0.3) is 10.9 Å². The summed E-state index contributed by atoms with van der Waals surface area (Å²) in [4.78, 5) is 20.4. The number of halogens is 1. The first-order valence-corrected chi connectivity index (χ1v) is 10.3. The van der Waals surface area contributed by atoms with Gasteiger partial charge in [-0.25, -0.2) is 9.97 Å². The number of carbonyl (C=O) groups excluding carboxylic acids is 1. The van der Waals surface area contributed by atoms with E-state index in [9.17, 15) is 4.79 Å². The predicted octanol–water partition coefficient (Wildman–Crippen LogP) is 4.21. The lowest BCUT2D eigenvalue weighted by Gasteiger charge is -2.18. The average Bonchev–Trinajstić information content (AvgIpc) is 2.73. The molecule has 0 aliphatic rings. The Labute approximate surface area is 183 Å². The summed E-state index contributed by atoms with van der Waals surface area (Å²) >= 11 is 3.51. The van der Waals surface area contributed by atoms with Gasteiger partial charge in [0.2, 0.25) is 0 Å². The Bertz CT molecular complexity index is 1060. The SMILES string of the molecule is COc1cc2c(N[C@H](C)c3cccc(Br)c3)nc(C)nc2cc1OCCC(=O)CO. The molecular weight excluding hydrogens is 450 g/mol. The van der Waals surface area contributed by atoms with Gasteiger partial charge in [0.25, 0.3) is 0 Å². The number of hydrogen-bond donors (Lipinski definition) is 2. The summed E-state index contributed by atoms with van der Waals surface area (Å²) < 4.78 is 12.2. The minimum Gasteiger partial charge on any atom is -0.493 e. The number of rotatable bonds is 9. The lowest BCUT2D eigenvalue weighted by atomic mass is 10.1. The predicted molar refractivity (Wildman–Crippen MR) is 119 cm³/mol. The van der Waals surface area contributed by atoms with Crippen LogP contribution in [0.4, 0.5) is 5.82 Å². The van der Waals surface area contributed by atoms with Gasteiger partial charge in [0.05, 0.1) is 25.3 Å². The number of benzene rings is 2. The Hall–Kier alpha value is -2.71. The number of aliphatic hydroxyl groups is 1. The van der Waals surface area contributed by atoms with Crippen LogP contribution in [-0.4, -0.2) is 41.2 Å². The van der Waals surface area contributed by atoms with Crippen molar-refractivity contribution in [3.63, 3.8) is 0 Å². The highest BCUT2D eigenvalue weighted by molar-refractivity contribution is 9.10. The van der Waals surface area contributed by atoms with Crippen molar-refractivity contribution in [2.75, 3.05) is 25.6 Å². The van der Waals surface area contributed by atoms with Crippen LogP contribution in [0.5, 0.6) is 11.5 Å². The standard InChI is InChI=1S/C22H24BrN3O4/c1-13(15-5-4-6-16(23)9-15)24-22-18-10-20(29-3)21(30-8-7-17(28)12-27)11-19(18)25-14(2)26-22/h4-6,9-11,13,27H,7-8,12H2,1-3H3,(H,24,25,26)/t13-/m1/s1. The molecular formula is C22H24BrN3O4. The molecule has 8 heteroatoms. The zero-order chi connectivity index (χ0) is 21.7. The summed E-state index contributed by atoms with van der Waals surface area (Å²) in [6, 6.07) is 11.7. The van der Waals surface area contributed by atoms with Gasteiger partial charge in [-0.1, -0.05) is 28.1 Å². The Morgan fingerprint density at radius 3 is 2.73 bits per heavy atom. The maximum absolute atomic E-state index is 11.3. The number of aliphatic hydroxyl groups excluding tert-OH is 1. The summed E-state index contributed by atoms with van der Waals surface area (Å²) in [5.74, 6) is 2.05. The van der Waals surface area contributed by atoms with Gasteiger partial charge in [-0.3, -0.25) is 4.79 Å². The molecule has 158 valence electrons. The fourth-order valence-electron chi connectivity index (χ4n) is 3.05. The zero-order valence-corrected chi connectivity index (χ0v) is 18.7. The molecule has 0 fully saturated rings. The first-order valence-electron chi connectivity index (χ1n) is 9.55. The molecule has 0 aliphatic heterocycles. The van der Waals surface area contributed by atoms with Gasteiger partial charge in [-0.2, -0.15) is 0 Å². The van der Waals surface area contributed by atoms with E-state index in [2.05, 4.69) is 50.3 Å². The third-order valence-electron chi connectivity index (χ3n) is 4.61. The third-order valence-corrected chi connectivity index (χ3v) is 5.10. The number of ether oxygens (including phenoxy) is 2. The smallest absolute Gasteiger partial charge is 0.163 e. The summed E-state index contributed by atoms with van der Waals surface area (Å²) in [6.45, 7) is 3.56. The van der Waals surface area contributed by atoms with E-state index in [1.54, 1.807) is 13.2 Å². The van der Waals surface area contributed by atoms with Gasteiger partial charge in [0.15, 0.2) is 17.3 Å². The lowest BCUT2D eigenvalue weighted by Crippen LogP contribution is -2.11. The summed E-state index contributed by atoms with van der Waals surface area (Å²) in [5, 5.41) is 13.1. The van der Waals surface area contributed by atoms with Gasteiger partial charge < -0.3 is 19.9 Å². The zero-order valence-electron chi connectivity index (χ0n) is 17.1. The Morgan fingerprint density at radius 2 is 2.03 bits per heavy atom. The van der Waals surface area contributed by atoms with Crippen molar-refractivity contribution in [2.24, 2.45) is 0 Å². The number of nitrogens with zero attached hydrogens (tertiary/aromatic N) is 2. The molecule has 0 unspecified atom stereocenters. The van der Waals surface area contributed by atoms with E-state index in [-0.39, 0.29) is 24.9 Å². The fourth-order valence-corrected chi connectivity index (χ4v) is 3.47. The molecule has 3 aromatic rings. The Balaban J connectivity index is 1.92. The van der Waals surface area contributed by atoms with E-state index in [1.807, 2.05) is 25.1 Å². The van der Waals surface area contributed by atoms with E-state index in [0.29, 0.717) is 28.7 Å². The molecule has 0 amide bonds. The van der Waals surface area contributed by atoms with Crippen LogP contribution >= 0.6 is 15.9 Å². The van der Waals surface area contributed by atoms with Crippen molar-refractivity contribution < 1.29 is 19.4 Å². The molecule has 1 atom stereocenters. The second-order valence-electron chi connectivity index (χ2n) is 6.86.